The van der Waals surface area contributed by atoms with Crippen LogP contribution in [0.25, 0.3) is 0 Å². The molecular weight excluding hydrogens is 292 g/mol. The molecule has 1 aromatic rings. The van der Waals surface area contributed by atoms with E-state index in [-0.39, 0.29) is 0 Å². The second-order valence-electron chi connectivity index (χ2n) is 5.55. The number of hydrogen-bond acceptors (Lipinski definition) is 4. The zero-order valence-electron chi connectivity index (χ0n) is 12.2. The van der Waals surface area contributed by atoms with Crippen molar-refractivity contribution in [1.29, 1.82) is 0 Å². The highest BCUT2D eigenvalue weighted by atomic mass is 32.2. The van der Waals surface area contributed by atoms with Crippen molar-refractivity contribution in [1.82, 2.24) is 10.0 Å². The molecule has 1 fully saturated rings. The molecule has 2 unspecified atom stereocenters. The smallest absolute Gasteiger partial charge is 0.250 e. The lowest BCUT2D eigenvalue weighted by Gasteiger charge is -2.03. The van der Waals surface area contributed by atoms with Crippen molar-refractivity contribution >= 4 is 21.4 Å². The minimum absolute atomic E-state index is 0.441. The van der Waals surface area contributed by atoms with E-state index in [1.165, 1.54) is 11.3 Å². The third-order valence-electron chi connectivity index (χ3n) is 3.69. The summed E-state index contributed by atoms with van der Waals surface area (Å²) in [7, 11) is -3.31. The summed E-state index contributed by atoms with van der Waals surface area (Å²) in [6.07, 6.45) is 3.15. The van der Waals surface area contributed by atoms with Crippen LogP contribution in [0.5, 0.6) is 0 Å². The fourth-order valence-electron chi connectivity index (χ4n) is 2.12. The molecule has 4 nitrogen and oxygen atoms in total. The summed E-state index contributed by atoms with van der Waals surface area (Å²) < 4.78 is 27.5. The first kappa shape index (κ1) is 15.9. The molecule has 0 saturated heterocycles. The number of nitrogens with one attached hydrogen (secondary N) is 2. The zero-order valence-corrected chi connectivity index (χ0v) is 13.8. The van der Waals surface area contributed by atoms with Crippen LogP contribution in [0, 0.1) is 11.8 Å². The van der Waals surface area contributed by atoms with Crippen molar-refractivity contribution in [2.24, 2.45) is 11.8 Å². The van der Waals surface area contributed by atoms with Crippen LogP contribution >= 0.6 is 11.3 Å². The molecule has 6 heteroatoms. The predicted molar refractivity (Wildman–Crippen MR) is 83.6 cm³/mol. The van der Waals surface area contributed by atoms with Gasteiger partial charge in [-0.2, -0.15) is 0 Å². The normalized spacial score (nSPS) is 22.1. The van der Waals surface area contributed by atoms with Crippen LogP contribution in [-0.4, -0.2) is 28.1 Å². The summed E-state index contributed by atoms with van der Waals surface area (Å²) in [5, 5.41) is 3.33. The topological polar surface area (TPSA) is 58.2 Å². The Bertz CT molecular complexity index is 525. The van der Waals surface area contributed by atoms with E-state index < -0.39 is 10.0 Å². The highest BCUT2D eigenvalue weighted by molar-refractivity contribution is 7.91. The van der Waals surface area contributed by atoms with E-state index in [2.05, 4.69) is 23.9 Å². The molecule has 0 aromatic carbocycles. The Balaban J connectivity index is 1.83. The summed E-state index contributed by atoms with van der Waals surface area (Å²) in [6.45, 7) is 6.79. The van der Waals surface area contributed by atoms with Gasteiger partial charge in [-0.25, -0.2) is 13.1 Å². The molecule has 1 saturated carbocycles. The van der Waals surface area contributed by atoms with Gasteiger partial charge in [0.05, 0.1) is 0 Å². The molecule has 1 aliphatic carbocycles. The molecule has 0 bridgehead atoms. The lowest BCUT2D eigenvalue weighted by Crippen LogP contribution is -2.25. The molecule has 2 rings (SSSR count). The third kappa shape index (κ3) is 4.55. The summed E-state index contributed by atoms with van der Waals surface area (Å²) >= 11 is 1.38. The molecule has 1 heterocycles. The Kier molecular flexibility index (Phi) is 5.60. The molecular formula is C14H24N2O2S2. The van der Waals surface area contributed by atoms with E-state index in [1.54, 1.807) is 6.07 Å². The lowest BCUT2D eigenvalue weighted by atomic mass is 10.3. The van der Waals surface area contributed by atoms with Crippen LogP contribution in [0.3, 0.4) is 0 Å². The van der Waals surface area contributed by atoms with Crippen LogP contribution in [-0.2, 0) is 16.4 Å². The van der Waals surface area contributed by atoms with Gasteiger partial charge in [0.15, 0.2) is 0 Å². The Morgan fingerprint density at radius 1 is 1.35 bits per heavy atom. The van der Waals surface area contributed by atoms with Gasteiger partial charge in [0, 0.05) is 11.4 Å². The van der Waals surface area contributed by atoms with Gasteiger partial charge < -0.3 is 5.32 Å². The van der Waals surface area contributed by atoms with Gasteiger partial charge in [0.25, 0.3) is 0 Å². The molecule has 0 aliphatic heterocycles. The molecule has 2 atom stereocenters. The average Bonchev–Trinajstić information content (AvgIpc) is 2.90. The highest BCUT2D eigenvalue weighted by Crippen LogP contribution is 2.37. The zero-order chi connectivity index (χ0) is 14.6. The maximum atomic E-state index is 12.1. The second-order valence-corrected chi connectivity index (χ2v) is 8.71. The fraction of sp³-hybridized carbons (Fsp3) is 0.714. The first-order valence-corrected chi connectivity index (χ1v) is 9.62. The molecule has 0 spiro atoms. The Morgan fingerprint density at radius 2 is 2.10 bits per heavy atom. The van der Waals surface area contributed by atoms with Crippen LogP contribution < -0.4 is 10.0 Å². The van der Waals surface area contributed by atoms with Crippen molar-refractivity contribution in [3.63, 3.8) is 0 Å². The van der Waals surface area contributed by atoms with Crippen LogP contribution in [0.4, 0.5) is 0 Å². The van der Waals surface area contributed by atoms with Gasteiger partial charge in [-0.15, -0.1) is 11.3 Å². The second kappa shape index (κ2) is 7.02. The van der Waals surface area contributed by atoms with Crippen LogP contribution in [0.1, 0.15) is 31.6 Å². The van der Waals surface area contributed by atoms with E-state index >= 15 is 0 Å². The largest absolute Gasteiger partial charge is 0.316 e. The Morgan fingerprint density at radius 3 is 2.75 bits per heavy atom. The number of rotatable bonds is 9. The standard InChI is InChI=1S/C14H24N2O2S2/c1-3-7-15-8-6-13-4-5-14(19-13)20(17,18)16-10-12-9-11(12)2/h4-5,11-12,15-16H,3,6-10H2,1-2H3. The number of sulfonamides is 1. The quantitative estimate of drug-likeness (QED) is 0.687. The Labute approximate surface area is 126 Å². The first-order valence-electron chi connectivity index (χ1n) is 7.32. The molecule has 1 aliphatic rings. The number of thiophene rings is 1. The Hall–Kier alpha value is -0.430. The van der Waals surface area contributed by atoms with E-state index in [0.29, 0.717) is 22.6 Å². The monoisotopic (exact) mass is 316 g/mol. The summed E-state index contributed by atoms with van der Waals surface area (Å²) in [5.41, 5.74) is 0. The van der Waals surface area contributed by atoms with Crippen molar-refractivity contribution in [2.45, 2.75) is 37.3 Å². The lowest BCUT2D eigenvalue weighted by molar-refractivity contribution is 0.576. The van der Waals surface area contributed by atoms with Gasteiger partial charge in [-0.1, -0.05) is 13.8 Å². The molecule has 0 amide bonds. The van der Waals surface area contributed by atoms with Gasteiger partial charge in [0.1, 0.15) is 4.21 Å². The van der Waals surface area contributed by atoms with Crippen molar-refractivity contribution in [3.8, 4) is 0 Å². The molecule has 0 radical (unpaired) electrons. The van der Waals surface area contributed by atoms with Crippen molar-refractivity contribution < 1.29 is 8.42 Å². The van der Waals surface area contributed by atoms with Gasteiger partial charge in [-0.3, -0.25) is 0 Å². The van der Waals surface area contributed by atoms with Gasteiger partial charge >= 0.3 is 0 Å². The average molecular weight is 316 g/mol. The first-order chi connectivity index (χ1) is 9.53. The van der Waals surface area contributed by atoms with Gasteiger partial charge in [-0.05, 0) is 56.3 Å². The maximum absolute atomic E-state index is 12.1. The number of hydrogen-bond donors (Lipinski definition) is 2. The third-order valence-corrected chi connectivity index (χ3v) is 6.75. The van der Waals surface area contributed by atoms with Crippen LogP contribution in [0.15, 0.2) is 16.3 Å². The summed E-state index contributed by atoms with van der Waals surface area (Å²) in [5.74, 6) is 1.20. The highest BCUT2D eigenvalue weighted by Gasteiger charge is 2.33. The van der Waals surface area contributed by atoms with E-state index in [4.69, 9.17) is 0 Å². The maximum Gasteiger partial charge on any atom is 0.250 e. The van der Waals surface area contributed by atoms with Crippen molar-refractivity contribution in [2.75, 3.05) is 19.6 Å². The van der Waals surface area contributed by atoms with E-state index in [0.717, 1.165) is 37.2 Å². The summed E-state index contributed by atoms with van der Waals surface area (Å²) in [6, 6.07) is 3.64. The predicted octanol–water partition coefficient (Wildman–Crippen LogP) is 2.22. The molecule has 1 aromatic heterocycles. The molecule has 2 N–H and O–H groups in total. The fourth-order valence-corrected chi connectivity index (χ4v) is 4.62. The SMILES string of the molecule is CCCNCCc1ccc(S(=O)(=O)NCC2CC2C)s1. The summed E-state index contributed by atoms with van der Waals surface area (Å²) in [4.78, 5) is 1.12. The van der Waals surface area contributed by atoms with E-state index in [1.807, 2.05) is 6.07 Å². The van der Waals surface area contributed by atoms with Crippen LogP contribution in [0.2, 0.25) is 0 Å². The van der Waals surface area contributed by atoms with E-state index in [9.17, 15) is 8.42 Å². The van der Waals surface area contributed by atoms with Gasteiger partial charge in [0.2, 0.25) is 10.0 Å². The van der Waals surface area contributed by atoms with Crippen molar-refractivity contribution in [3.05, 3.63) is 17.0 Å². The minimum Gasteiger partial charge on any atom is -0.316 e. The molecule has 114 valence electrons. The molecule has 20 heavy (non-hydrogen) atoms. The minimum atomic E-state index is -3.31.